The number of thioether (sulfide) groups is 1. The van der Waals surface area contributed by atoms with Crippen molar-refractivity contribution in [3.63, 3.8) is 0 Å². The van der Waals surface area contributed by atoms with E-state index in [1.165, 1.54) is 11.8 Å². The van der Waals surface area contributed by atoms with E-state index in [1.54, 1.807) is 11.3 Å². The first-order valence-corrected chi connectivity index (χ1v) is 8.25. The van der Waals surface area contributed by atoms with E-state index in [0.717, 1.165) is 16.6 Å². The predicted molar refractivity (Wildman–Crippen MR) is 88.3 cm³/mol. The first kappa shape index (κ1) is 16.9. The minimum absolute atomic E-state index is 0.248. The third-order valence-electron chi connectivity index (χ3n) is 3.39. The molecular weight excluding hydrogens is 310 g/mol. The maximum Gasteiger partial charge on any atom is 0.306 e. The first-order chi connectivity index (χ1) is 11.0. The summed E-state index contributed by atoms with van der Waals surface area (Å²) in [7, 11) is 0. The van der Waals surface area contributed by atoms with Gasteiger partial charge < -0.3 is 9.14 Å². The van der Waals surface area contributed by atoms with Crippen molar-refractivity contribution >= 4 is 23.2 Å². The highest BCUT2D eigenvalue weighted by Crippen LogP contribution is 2.34. The maximum atomic E-state index is 11.4. The maximum absolute atomic E-state index is 11.4. The second-order valence-corrected chi connectivity index (χ2v) is 6.20. The lowest BCUT2D eigenvalue weighted by molar-refractivity contribution is -0.142. The molecule has 2 aromatic rings. The van der Waals surface area contributed by atoms with Crippen LogP contribution in [0.3, 0.4) is 0 Å². The smallest absolute Gasteiger partial charge is 0.306 e. The Morgan fingerprint density at radius 2 is 2.09 bits per heavy atom. The standard InChI is InChI=1S/C17H17N3O2S/c1-4-22-15(21)5-6-23-17-13(8-18)16-12(3)7-11(2)10-20(16)14(17)9-19/h7,10H,4-6H2,1-3H3. The van der Waals surface area contributed by atoms with Crippen molar-refractivity contribution < 1.29 is 9.53 Å². The highest BCUT2D eigenvalue weighted by Gasteiger charge is 2.20. The summed E-state index contributed by atoms with van der Waals surface area (Å²) < 4.78 is 6.67. The molecule has 0 amide bonds. The number of aromatic nitrogens is 1. The van der Waals surface area contributed by atoms with Gasteiger partial charge in [0.15, 0.2) is 0 Å². The summed E-state index contributed by atoms with van der Waals surface area (Å²) in [5, 5.41) is 19.0. The van der Waals surface area contributed by atoms with Gasteiger partial charge in [0.2, 0.25) is 0 Å². The molecule has 0 saturated heterocycles. The lowest BCUT2D eigenvalue weighted by Crippen LogP contribution is -2.04. The number of nitrogens with zero attached hydrogens (tertiary/aromatic N) is 3. The van der Waals surface area contributed by atoms with Crippen LogP contribution in [-0.4, -0.2) is 22.7 Å². The first-order valence-electron chi connectivity index (χ1n) is 7.27. The molecule has 0 aliphatic heterocycles. The predicted octanol–water partition coefficient (Wildman–Crippen LogP) is 3.34. The summed E-state index contributed by atoms with van der Waals surface area (Å²) in [5.74, 6) is 0.199. The molecule has 0 N–H and O–H groups in total. The van der Waals surface area contributed by atoms with Crippen LogP contribution in [0.25, 0.3) is 5.52 Å². The van der Waals surface area contributed by atoms with E-state index < -0.39 is 0 Å². The number of pyridine rings is 1. The molecule has 0 aliphatic rings. The van der Waals surface area contributed by atoms with E-state index in [9.17, 15) is 15.3 Å². The molecule has 6 heteroatoms. The summed E-state index contributed by atoms with van der Waals surface area (Å²) in [6.07, 6.45) is 2.11. The molecule has 0 aliphatic carbocycles. The van der Waals surface area contributed by atoms with Gasteiger partial charge in [-0.1, -0.05) is 6.07 Å². The number of nitriles is 2. The third-order valence-corrected chi connectivity index (χ3v) is 4.48. The zero-order chi connectivity index (χ0) is 17.0. The van der Waals surface area contributed by atoms with Crippen molar-refractivity contribution in [2.24, 2.45) is 0 Å². The van der Waals surface area contributed by atoms with Gasteiger partial charge in [-0.2, -0.15) is 10.5 Å². The van der Waals surface area contributed by atoms with E-state index in [0.29, 0.717) is 28.5 Å². The zero-order valence-electron chi connectivity index (χ0n) is 13.3. The molecule has 0 saturated carbocycles. The van der Waals surface area contributed by atoms with Crippen molar-refractivity contribution in [1.29, 1.82) is 10.5 Å². The van der Waals surface area contributed by atoms with Crippen LogP contribution in [0.5, 0.6) is 0 Å². The molecule has 0 atom stereocenters. The molecule has 5 nitrogen and oxygen atoms in total. The van der Waals surface area contributed by atoms with E-state index in [1.807, 2.05) is 26.1 Å². The number of fused-ring (bicyclic) bond motifs is 1. The highest BCUT2D eigenvalue weighted by atomic mass is 32.2. The van der Waals surface area contributed by atoms with E-state index in [-0.39, 0.29) is 12.4 Å². The number of carbonyl (C=O) groups excluding carboxylic acids is 1. The number of hydrogen-bond donors (Lipinski definition) is 0. The minimum atomic E-state index is -0.271. The Morgan fingerprint density at radius 3 is 2.70 bits per heavy atom. The molecule has 2 aromatic heterocycles. The summed E-state index contributed by atoms with van der Waals surface area (Å²) >= 11 is 1.35. The fourth-order valence-electron chi connectivity index (χ4n) is 2.55. The molecule has 23 heavy (non-hydrogen) atoms. The lowest BCUT2D eigenvalue weighted by Gasteiger charge is -2.02. The fraction of sp³-hybridized carbons (Fsp3) is 0.353. The summed E-state index contributed by atoms with van der Waals surface area (Å²) in [4.78, 5) is 12.1. The number of aryl methyl sites for hydroxylation is 2. The van der Waals surface area contributed by atoms with Gasteiger partial charge in [-0.05, 0) is 31.9 Å². The molecule has 0 aromatic carbocycles. The van der Waals surface area contributed by atoms with E-state index in [4.69, 9.17) is 4.74 Å². The van der Waals surface area contributed by atoms with Crippen molar-refractivity contribution in [3.05, 3.63) is 34.6 Å². The topological polar surface area (TPSA) is 78.3 Å². The summed E-state index contributed by atoms with van der Waals surface area (Å²) in [5.41, 5.74) is 3.67. The van der Waals surface area contributed by atoms with Crippen LogP contribution < -0.4 is 0 Å². The lowest BCUT2D eigenvalue weighted by atomic mass is 10.1. The average molecular weight is 327 g/mol. The Kier molecular flexibility index (Phi) is 5.31. The van der Waals surface area contributed by atoms with E-state index in [2.05, 4.69) is 12.1 Å². The molecule has 0 spiro atoms. The number of rotatable bonds is 5. The second-order valence-electron chi connectivity index (χ2n) is 5.10. The number of carbonyl (C=O) groups is 1. The van der Waals surface area contributed by atoms with Gasteiger partial charge in [-0.25, -0.2) is 0 Å². The van der Waals surface area contributed by atoms with Gasteiger partial charge >= 0.3 is 5.97 Å². The highest BCUT2D eigenvalue weighted by molar-refractivity contribution is 7.99. The van der Waals surface area contributed by atoms with Crippen molar-refractivity contribution in [2.45, 2.75) is 32.1 Å². The number of hydrogen-bond acceptors (Lipinski definition) is 5. The SMILES string of the molecule is CCOC(=O)CCSc1c(C#N)c2c(C)cc(C)cn2c1C#N. The molecular formula is C17H17N3O2S. The summed E-state index contributed by atoms with van der Waals surface area (Å²) in [6, 6.07) is 6.38. The third kappa shape index (κ3) is 3.33. The van der Waals surface area contributed by atoms with Crippen molar-refractivity contribution in [3.8, 4) is 12.1 Å². The van der Waals surface area contributed by atoms with E-state index >= 15 is 0 Å². The van der Waals surface area contributed by atoms with Crippen LogP contribution in [0, 0.1) is 36.5 Å². The van der Waals surface area contributed by atoms with Gasteiger partial charge in [0.05, 0.1) is 29.0 Å². The van der Waals surface area contributed by atoms with Crippen LogP contribution in [0.2, 0.25) is 0 Å². The van der Waals surface area contributed by atoms with Gasteiger partial charge in [-0.15, -0.1) is 11.8 Å². The fourth-order valence-corrected chi connectivity index (χ4v) is 3.59. The normalized spacial score (nSPS) is 10.3. The Morgan fingerprint density at radius 1 is 1.35 bits per heavy atom. The van der Waals surface area contributed by atoms with Gasteiger partial charge in [0, 0.05) is 11.9 Å². The van der Waals surface area contributed by atoms with Crippen LogP contribution in [0.4, 0.5) is 0 Å². The Labute approximate surface area is 139 Å². The second kappa shape index (κ2) is 7.21. The Hall–Kier alpha value is -2.44. The van der Waals surface area contributed by atoms with Crippen LogP contribution in [0.15, 0.2) is 17.2 Å². The van der Waals surface area contributed by atoms with Gasteiger partial charge in [0.25, 0.3) is 0 Å². The molecule has 0 bridgehead atoms. The molecule has 2 heterocycles. The monoisotopic (exact) mass is 327 g/mol. The van der Waals surface area contributed by atoms with Crippen molar-refractivity contribution in [1.82, 2.24) is 4.40 Å². The number of esters is 1. The zero-order valence-corrected chi connectivity index (χ0v) is 14.2. The van der Waals surface area contributed by atoms with Crippen LogP contribution >= 0.6 is 11.8 Å². The molecule has 0 fully saturated rings. The summed E-state index contributed by atoms with van der Waals surface area (Å²) in [6.45, 7) is 5.99. The largest absolute Gasteiger partial charge is 0.466 e. The Balaban J connectivity index is 2.43. The molecule has 0 radical (unpaired) electrons. The molecule has 118 valence electrons. The quantitative estimate of drug-likeness (QED) is 0.621. The van der Waals surface area contributed by atoms with Crippen LogP contribution in [0.1, 0.15) is 35.7 Å². The van der Waals surface area contributed by atoms with Gasteiger partial charge in [0.1, 0.15) is 17.8 Å². The molecule has 2 rings (SSSR count). The minimum Gasteiger partial charge on any atom is -0.466 e. The van der Waals surface area contributed by atoms with Crippen LogP contribution in [-0.2, 0) is 9.53 Å². The van der Waals surface area contributed by atoms with Crippen molar-refractivity contribution in [2.75, 3.05) is 12.4 Å². The average Bonchev–Trinajstić information content (AvgIpc) is 2.80. The van der Waals surface area contributed by atoms with Gasteiger partial charge in [-0.3, -0.25) is 4.79 Å². The Bertz CT molecular complexity index is 840. The molecule has 0 unspecified atom stereocenters. The number of ether oxygens (including phenoxy) is 1.